The van der Waals surface area contributed by atoms with Crippen molar-refractivity contribution in [2.24, 2.45) is 5.10 Å². The zero-order valence-electron chi connectivity index (χ0n) is 14.8. The van der Waals surface area contributed by atoms with Crippen molar-refractivity contribution < 1.29 is 4.74 Å². The van der Waals surface area contributed by atoms with Gasteiger partial charge in [0.05, 0.1) is 13.3 Å². The number of methoxy groups -OCH3 is 1. The van der Waals surface area contributed by atoms with Gasteiger partial charge in [0.25, 0.3) is 5.95 Å². The Balaban J connectivity index is 1.61. The maximum atomic E-state index is 5.32. The predicted molar refractivity (Wildman–Crippen MR) is 110 cm³/mol. The molecule has 2 aromatic carbocycles. The number of nitrogens with zero attached hydrogens (tertiary/aromatic N) is 4. The minimum Gasteiger partial charge on any atom is -0.496 e. The van der Waals surface area contributed by atoms with Gasteiger partial charge in [-0.3, -0.25) is 0 Å². The average molecular weight is 425 g/mol. The summed E-state index contributed by atoms with van der Waals surface area (Å²) < 4.78 is 6.26. The second kappa shape index (κ2) is 7.32. The molecule has 2 N–H and O–H groups in total. The second-order valence-corrected chi connectivity index (χ2v) is 6.86. The van der Waals surface area contributed by atoms with Crippen molar-refractivity contribution in [2.75, 3.05) is 12.5 Å². The SMILES string of the molecule is CCc1ccc2[nH]c3nc(N/N=C/c4cc(Br)ccc4OC)nnc3c2c1. The van der Waals surface area contributed by atoms with Gasteiger partial charge < -0.3 is 9.72 Å². The molecule has 0 bridgehead atoms. The van der Waals surface area contributed by atoms with Crippen molar-refractivity contribution >= 4 is 50.2 Å². The van der Waals surface area contributed by atoms with Crippen molar-refractivity contribution in [3.8, 4) is 5.75 Å². The molecule has 0 amide bonds. The van der Waals surface area contributed by atoms with Gasteiger partial charge in [0.1, 0.15) is 11.3 Å². The van der Waals surface area contributed by atoms with Crippen molar-refractivity contribution in [1.29, 1.82) is 0 Å². The summed E-state index contributed by atoms with van der Waals surface area (Å²) in [4.78, 5) is 7.74. The molecule has 7 nitrogen and oxygen atoms in total. The fourth-order valence-electron chi connectivity index (χ4n) is 2.85. The van der Waals surface area contributed by atoms with Gasteiger partial charge in [-0.25, -0.2) is 5.43 Å². The summed E-state index contributed by atoms with van der Waals surface area (Å²) in [7, 11) is 1.62. The minimum atomic E-state index is 0.315. The molecule has 0 aliphatic carbocycles. The Bertz CT molecular complexity index is 1150. The molecule has 2 aromatic heterocycles. The van der Waals surface area contributed by atoms with Gasteiger partial charge in [-0.15, -0.1) is 10.2 Å². The Kier molecular flexibility index (Phi) is 4.72. The lowest BCUT2D eigenvalue weighted by molar-refractivity contribution is 0.414. The molecule has 0 saturated carbocycles. The summed E-state index contributed by atoms with van der Waals surface area (Å²) in [6, 6.07) is 11.9. The number of aromatic amines is 1. The Morgan fingerprint density at radius 2 is 2.11 bits per heavy atom. The van der Waals surface area contributed by atoms with Crippen molar-refractivity contribution in [1.82, 2.24) is 20.2 Å². The number of hydrazone groups is 1. The van der Waals surface area contributed by atoms with E-state index in [0.29, 0.717) is 11.6 Å². The quantitative estimate of drug-likeness (QED) is 0.368. The van der Waals surface area contributed by atoms with E-state index in [1.807, 2.05) is 24.3 Å². The first-order valence-corrected chi connectivity index (χ1v) is 9.25. The standard InChI is InChI=1S/C19H17BrN6O/c1-3-11-4-6-15-14(8-11)17-18(22-15)23-19(26-24-17)25-21-10-12-9-13(20)5-7-16(12)27-2/h4-10H,3H2,1-2H3,(H2,22,23,25,26)/b21-10+. The molecule has 0 atom stereocenters. The lowest BCUT2D eigenvalue weighted by Gasteiger charge is -2.04. The Labute approximate surface area is 164 Å². The smallest absolute Gasteiger partial charge is 0.265 e. The van der Waals surface area contributed by atoms with Crippen LogP contribution in [-0.4, -0.2) is 33.5 Å². The lowest BCUT2D eigenvalue weighted by Crippen LogP contribution is -1.99. The number of rotatable bonds is 5. The summed E-state index contributed by atoms with van der Waals surface area (Å²) in [5, 5.41) is 13.7. The zero-order valence-corrected chi connectivity index (χ0v) is 16.4. The van der Waals surface area contributed by atoms with Crippen LogP contribution < -0.4 is 10.2 Å². The number of H-pyrrole nitrogens is 1. The van der Waals surface area contributed by atoms with Crippen LogP contribution in [0.1, 0.15) is 18.1 Å². The summed E-state index contributed by atoms with van der Waals surface area (Å²) >= 11 is 3.44. The summed E-state index contributed by atoms with van der Waals surface area (Å²) in [5.41, 5.74) is 7.31. The Morgan fingerprint density at radius 3 is 2.93 bits per heavy atom. The molecule has 2 heterocycles. The van der Waals surface area contributed by atoms with Gasteiger partial charge in [-0.05, 0) is 42.3 Å². The average Bonchev–Trinajstić information content (AvgIpc) is 3.05. The van der Waals surface area contributed by atoms with E-state index in [-0.39, 0.29) is 0 Å². The fourth-order valence-corrected chi connectivity index (χ4v) is 3.23. The van der Waals surface area contributed by atoms with E-state index in [1.165, 1.54) is 5.56 Å². The minimum absolute atomic E-state index is 0.315. The first-order valence-electron chi connectivity index (χ1n) is 8.45. The molecule has 0 fully saturated rings. The number of hydrogen-bond acceptors (Lipinski definition) is 6. The summed E-state index contributed by atoms with van der Waals surface area (Å²) in [6.07, 6.45) is 2.62. The monoisotopic (exact) mass is 424 g/mol. The lowest BCUT2D eigenvalue weighted by atomic mass is 10.1. The molecule has 136 valence electrons. The number of hydrogen-bond donors (Lipinski definition) is 2. The highest BCUT2D eigenvalue weighted by atomic mass is 79.9. The second-order valence-electron chi connectivity index (χ2n) is 5.95. The number of fused-ring (bicyclic) bond motifs is 3. The van der Waals surface area contributed by atoms with Gasteiger partial charge in [-0.2, -0.15) is 10.1 Å². The van der Waals surface area contributed by atoms with Crippen LogP contribution in [0.3, 0.4) is 0 Å². The van der Waals surface area contributed by atoms with E-state index in [4.69, 9.17) is 4.74 Å². The maximum Gasteiger partial charge on any atom is 0.265 e. The van der Waals surface area contributed by atoms with Crippen molar-refractivity contribution in [2.45, 2.75) is 13.3 Å². The predicted octanol–water partition coefficient (Wildman–Crippen LogP) is 4.29. The number of nitrogens with one attached hydrogen (secondary N) is 2. The summed E-state index contributed by atoms with van der Waals surface area (Å²) in [5.74, 6) is 1.04. The van der Waals surface area contributed by atoms with Crippen molar-refractivity contribution in [3.05, 3.63) is 52.0 Å². The topological polar surface area (TPSA) is 88.1 Å². The van der Waals surface area contributed by atoms with Crippen LogP contribution in [0, 0.1) is 0 Å². The van der Waals surface area contributed by atoms with Crippen LogP contribution in [0.25, 0.3) is 22.1 Å². The molecule has 4 rings (SSSR count). The van der Waals surface area contributed by atoms with Crippen LogP contribution in [0.5, 0.6) is 5.75 Å². The van der Waals surface area contributed by atoms with E-state index >= 15 is 0 Å². The van der Waals surface area contributed by atoms with E-state index in [0.717, 1.165) is 38.6 Å². The number of aryl methyl sites for hydroxylation is 1. The first kappa shape index (κ1) is 17.4. The van der Waals surface area contributed by atoms with E-state index in [1.54, 1.807) is 13.3 Å². The molecule has 27 heavy (non-hydrogen) atoms. The number of halogens is 1. The largest absolute Gasteiger partial charge is 0.496 e. The molecule has 0 saturated heterocycles. The highest BCUT2D eigenvalue weighted by Gasteiger charge is 2.09. The van der Waals surface area contributed by atoms with Gasteiger partial charge in [0, 0.05) is 20.9 Å². The Hall–Kier alpha value is -3.00. The summed E-state index contributed by atoms with van der Waals surface area (Å²) in [6.45, 7) is 2.13. The van der Waals surface area contributed by atoms with Crippen molar-refractivity contribution in [3.63, 3.8) is 0 Å². The van der Waals surface area contributed by atoms with Gasteiger partial charge in [0.15, 0.2) is 5.65 Å². The third kappa shape index (κ3) is 3.48. The van der Waals surface area contributed by atoms with Crippen LogP contribution in [0.2, 0.25) is 0 Å². The van der Waals surface area contributed by atoms with Crippen LogP contribution >= 0.6 is 15.9 Å². The number of benzene rings is 2. The Morgan fingerprint density at radius 1 is 1.22 bits per heavy atom. The fraction of sp³-hybridized carbons (Fsp3) is 0.158. The van der Waals surface area contributed by atoms with E-state index in [9.17, 15) is 0 Å². The third-order valence-electron chi connectivity index (χ3n) is 4.25. The highest BCUT2D eigenvalue weighted by Crippen LogP contribution is 2.24. The van der Waals surface area contributed by atoms with Crippen LogP contribution in [0.4, 0.5) is 5.95 Å². The van der Waals surface area contributed by atoms with E-state index < -0.39 is 0 Å². The number of aromatic nitrogens is 4. The van der Waals surface area contributed by atoms with Gasteiger partial charge in [0.2, 0.25) is 0 Å². The molecular weight excluding hydrogens is 408 g/mol. The molecule has 0 radical (unpaired) electrons. The number of anilines is 1. The molecule has 8 heteroatoms. The normalized spacial score (nSPS) is 11.5. The highest BCUT2D eigenvalue weighted by molar-refractivity contribution is 9.10. The van der Waals surface area contributed by atoms with Crippen LogP contribution in [-0.2, 0) is 6.42 Å². The maximum absolute atomic E-state index is 5.32. The molecule has 0 unspecified atom stereocenters. The zero-order chi connectivity index (χ0) is 18.8. The van der Waals surface area contributed by atoms with Gasteiger partial charge >= 0.3 is 0 Å². The molecular formula is C19H17BrN6O. The molecule has 0 aliphatic heterocycles. The van der Waals surface area contributed by atoms with Gasteiger partial charge in [-0.1, -0.05) is 28.9 Å². The third-order valence-corrected chi connectivity index (χ3v) is 4.74. The molecule has 0 aliphatic rings. The molecule has 0 spiro atoms. The van der Waals surface area contributed by atoms with Crippen LogP contribution in [0.15, 0.2) is 46.0 Å². The van der Waals surface area contributed by atoms with E-state index in [2.05, 4.69) is 65.7 Å². The number of ether oxygens (including phenoxy) is 1. The first-order chi connectivity index (χ1) is 13.2. The molecule has 4 aromatic rings.